The minimum Gasteiger partial charge on any atom is -0.495 e. The standard InChI is InChI=1S/C13H12ClFN2O/c1-18-11-7-8(4-5-9(11)14)12(16)13-10(15)3-2-6-17-13/h2-7,12H,16H2,1H3. The van der Waals surface area contributed by atoms with Crippen LogP contribution in [0.25, 0.3) is 0 Å². The molecule has 3 nitrogen and oxygen atoms in total. The lowest BCUT2D eigenvalue weighted by atomic mass is 10.0. The van der Waals surface area contributed by atoms with Crippen molar-refractivity contribution in [1.29, 1.82) is 0 Å². The molecule has 1 unspecified atom stereocenters. The Morgan fingerprint density at radius 3 is 2.83 bits per heavy atom. The largest absolute Gasteiger partial charge is 0.495 e. The lowest BCUT2D eigenvalue weighted by Crippen LogP contribution is -2.15. The fourth-order valence-electron chi connectivity index (χ4n) is 1.65. The summed E-state index contributed by atoms with van der Waals surface area (Å²) >= 11 is 5.92. The van der Waals surface area contributed by atoms with Gasteiger partial charge in [-0.3, -0.25) is 4.98 Å². The maximum atomic E-state index is 13.6. The van der Waals surface area contributed by atoms with E-state index in [0.717, 1.165) is 0 Å². The van der Waals surface area contributed by atoms with Crippen molar-refractivity contribution in [3.63, 3.8) is 0 Å². The number of hydrogen-bond donors (Lipinski definition) is 1. The zero-order chi connectivity index (χ0) is 13.1. The van der Waals surface area contributed by atoms with Gasteiger partial charge < -0.3 is 10.5 Å². The van der Waals surface area contributed by atoms with E-state index in [1.807, 2.05) is 0 Å². The molecule has 0 aliphatic heterocycles. The van der Waals surface area contributed by atoms with Crippen molar-refractivity contribution in [1.82, 2.24) is 4.98 Å². The molecule has 1 aromatic carbocycles. The summed E-state index contributed by atoms with van der Waals surface area (Å²) in [6, 6.07) is 7.27. The Kier molecular flexibility index (Phi) is 3.79. The number of rotatable bonds is 3. The minimum absolute atomic E-state index is 0.196. The molecule has 0 fully saturated rings. The summed E-state index contributed by atoms with van der Waals surface area (Å²) < 4.78 is 18.7. The molecular weight excluding hydrogens is 255 g/mol. The van der Waals surface area contributed by atoms with Gasteiger partial charge in [-0.2, -0.15) is 0 Å². The molecule has 2 aromatic rings. The van der Waals surface area contributed by atoms with Gasteiger partial charge in [0.2, 0.25) is 0 Å². The highest BCUT2D eigenvalue weighted by atomic mass is 35.5. The van der Waals surface area contributed by atoms with Gasteiger partial charge in [-0.05, 0) is 29.8 Å². The molecular formula is C13H12ClFN2O. The van der Waals surface area contributed by atoms with Crippen LogP contribution in [-0.4, -0.2) is 12.1 Å². The minimum atomic E-state index is -0.655. The third-order valence-electron chi connectivity index (χ3n) is 2.62. The monoisotopic (exact) mass is 266 g/mol. The summed E-state index contributed by atoms with van der Waals surface area (Å²) in [5.41, 5.74) is 6.87. The third kappa shape index (κ3) is 2.44. The molecule has 1 heterocycles. The van der Waals surface area contributed by atoms with Crippen LogP contribution in [0.4, 0.5) is 4.39 Å². The van der Waals surface area contributed by atoms with E-state index in [0.29, 0.717) is 16.3 Å². The van der Waals surface area contributed by atoms with E-state index in [1.165, 1.54) is 25.4 Å². The Bertz CT molecular complexity index is 562. The first-order valence-electron chi connectivity index (χ1n) is 5.33. The quantitative estimate of drug-likeness (QED) is 0.929. The van der Waals surface area contributed by atoms with Crippen molar-refractivity contribution >= 4 is 11.6 Å². The second-order valence-electron chi connectivity index (χ2n) is 3.74. The zero-order valence-electron chi connectivity index (χ0n) is 9.73. The van der Waals surface area contributed by atoms with E-state index in [9.17, 15) is 4.39 Å². The normalized spacial score (nSPS) is 12.2. The van der Waals surface area contributed by atoms with Gasteiger partial charge in [0.25, 0.3) is 0 Å². The van der Waals surface area contributed by atoms with Crippen LogP contribution in [0.5, 0.6) is 5.75 Å². The fourth-order valence-corrected chi connectivity index (χ4v) is 1.85. The van der Waals surface area contributed by atoms with Crippen molar-refractivity contribution < 1.29 is 9.13 Å². The molecule has 94 valence electrons. The van der Waals surface area contributed by atoms with Crippen molar-refractivity contribution in [2.24, 2.45) is 5.73 Å². The second kappa shape index (κ2) is 5.33. The van der Waals surface area contributed by atoms with Gasteiger partial charge in [-0.15, -0.1) is 0 Å². The number of hydrogen-bond acceptors (Lipinski definition) is 3. The van der Waals surface area contributed by atoms with Crippen molar-refractivity contribution in [2.45, 2.75) is 6.04 Å². The lowest BCUT2D eigenvalue weighted by Gasteiger charge is -2.13. The number of halogens is 2. The first kappa shape index (κ1) is 12.8. The molecule has 18 heavy (non-hydrogen) atoms. The van der Waals surface area contributed by atoms with Crippen LogP contribution in [0.2, 0.25) is 5.02 Å². The van der Waals surface area contributed by atoms with Crippen molar-refractivity contribution in [2.75, 3.05) is 7.11 Å². The Hall–Kier alpha value is -1.65. The van der Waals surface area contributed by atoms with E-state index in [4.69, 9.17) is 22.1 Å². The van der Waals surface area contributed by atoms with Crippen LogP contribution < -0.4 is 10.5 Å². The first-order chi connectivity index (χ1) is 8.63. The summed E-state index contributed by atoms with van der Waals surface area (Å²) in [6.07, 6.45) is 1.51. The van der Waals surface area contributed by atoms with Crippen molar-refractivity contribution in [3.05, 3.63) is 58.6 Å². The van der Waals surface area contributed by atoms with E-state index in [1.54, 1.807) is 18.2 Å². The van der Waals surface area contributed by atoms with Gasteiger partial charge in [-0.25, -0.2) is 4.39 Å². The van der Waals surface area contributed by atoms with Crippen LogP contribution in [0.15, 0.2) is 36.5 Å². The van der Waals surface area contributed by atoms with Crippen LogP contribution in [0, 0.1) is 5.82 Å². The van der Waals surface area contributed by atoms with Gasteiger partial charge in [0.15, 0.2) is 0 Å². The highest BCUT2D eigenvalue weighted by molar-refractivity contribution is 6.32. The molecule has 0 bridgehead atoms. The molecule has 2 N–H and O–H groups in total. The summed E-state index contributed by atoms with van der Waals surface area (Å²) in [4.78, 5) is 3.96. The Labute approximate surface area is 109 Å². The Morgan fingerprint density at radius 2 is 2.17 bits per heavy atom. The molecule has 0 saturated carbocycles. The van der Waals surface area contributed by atoms with E-state index < -0.39 is 11.9 Å². The van der Waals surface area contributed by atoms with E-state index >= 15 is 0 Å². The first-order valence-corrected chi connectivity index (χ1v) is 5.70. The maximum absolute atomic E-state index is 13.6. The molecule has 2 rings (SSSR count). The summed E-state index contributed by atoms with van der Waals surface area (Å²) in [5.74, 6) is 0.0693. The molecule has 0 spiro atoms. The second-order valence-corrected chi connectivity index (χ2v) is 4.15. The number of nitrogens with two attached hydrogens (primary N) is 1. The van der Waals surface area contributed by atoms with Gasteiger partial charge >= 0.3 is 0 Å². The molecule has 5 heteroatoms. The van der Waals surface area contributed by atoms with Crippen LogP contribution in [-0.2, 0) is 0 Å². The smallest absolute Gasteiger partial charge is 0.146 e. The molecule has 0 aliphatic rings. The predicted octanol–water partition coefficient (Wildman–Crippen LogP) is 2.93. The molecule has 1 aromatic heterocycles. The molecule has 1 atom stereocenters. The highest BCUT2D eigenvalue weighted by Crippen LogP contribution is 2.29. The maximum Gasteiger partial charge on any atom is 0.146 e. The Balaban J connectivity index is 2.40. The average molecular weight is 267 g/mol. The molecule has 0 radical (unpaired) electrons. The van der Waals surface area contributed by atoms with Gasteiger partial charge in [0, 0.05) is 6.20 Å². The van der Waals surface area contributed by atoms with E-state index in [-0.39, 0.29) is 5.69 Å². The SMILES string of the molecule is COc1cc(C(N)c2ncccc2F)ccc1Cl. The summed E-state index contributed by atoms with van der Waals surface area (Å²) in [7, 11) is 1.51. The summed E-state index contributed by atoms with van der Waals surface area (Å²) in [5, 5.41) is 0.481. The van der Waals surface area contributed by atoms with Crippen LogP contribution in [0.3, 0.4) is 0 Å². The van der Waals surface area contributed by atoms with E-state index in [2.05, 4.69) is 4.98 Å². The number of ether oxygens (including phenoxy) is 1. The van der Waals surface area contributed by atoms with Crippen LogP contribution >= 0.6 is 11.6 Å². The molecule has 0 aliphatic carbocycles. The predicted molar refractivity (Wildman–Crippen MR) is 68.2 cm³/mol. The molecule has 0 amide bonds. The number of methoxy groups -OCH3 is 1. The highest BCUT2D eigenvalue weighted by Gasteiger charge is 2.16. The zero-order valence-corrected chi connectivity index (χ0v) is 10.5. The number of aromatic nitrogens is 1. The van der Waals surface area contributed by atoms with Gasteiger partial charge in [-0.1, -0.05) is 17.7 Å². The fraction of sp³-hybridized carbons (Fsp3) is 0.154. The topological polar surface area (TPSA) is 48.1 Å². The van der Waals surface area contributed by atoms with Gasteiger partial charge in [0.05, 0.1) is 23.9 Å². The Morgan fingerprint density at radius 1 is 1.39 bits per heavy atom. The number of pyridine rings is 1. The average Bonchev–Trinajstić information content (AvgIpc) is 2.39. The number of benzene rings is 1. The number of nitrogens with zero attached hydrogens (tertiary/aromatic N) is 1. The third-order valence-corrected chi connectivity index (χ3v) is 2.93. The van der Waals surface area contributed by atoms with Crippen LogP contribution in [0.1, 0.15) is 17.3 Å². The molecule has 0 saturated heterocycles. The van der Waals surface area contributed by atoms with Crippen molar-refractivity contribution in [3.8, 4) is 5.75 Å². The summed E-state index contributed by atoms with van der Waals surface area (Å²) in [6.45, 7) is 0. The van der Waals surface area contributed by atoms with Gasteiger partial charge in [0.1, 0.15) is 11.6 Å². The lowest BCUT2D eigenvalue weighted by molar-refractivity contribution is 0.414.